The normalized spacial score (nSPS) is 18.4. The molecule has 0 radical (unpaired) electrons. The molecular weight excluding hydrogens is 400 g/mol. The first-order valence-corrected chi connectivity index (χ1v) is 11.2. The van der Waals surface area contributed by atoms with Gasteiger partial charge in [0.1, 0.15) is 13.2 Å². The van der Waals surface area contributed by atoms with Crippen molar-refractivity contribution in [3.63, 3.8) is 0 Å². The summed E-state index contributed by atoms with van der Waals surface area (Å²) < 4.78 is 39.3. The highest BCUT2D eigenvalue weighted by Gasteiger charge is 2.27. The van der Waals surface area contributed by atoms with E-state index in [1.165, 1.54) is 6.92 Å². The van der Waals surface area contributed by atoms with Gasteiger partial charge < -0.3 is 14.4 Å². The van der Waals surface area contributed by atoms with Gasteiger partial charge in [0, 0.05) is 29.7 Å². The van der Waals surface area contributed by atoms with Gasteiger partial charge in [-0.05, 0) is 30.3 Å². The van der Waals surface area contributed by atoms with E-state index in [1.54, 1.807) is 53.1 Å². The van der Waals surface area contributed by atoms with E-state index < -0.39 is 10.0 Å². The first-order valence-electron chi connectivity index (χ1n) is 8.85. The van der Waals surface area contributed by atoms with Gasteiger partial charge in [0.15, 0.2) is 11.5 Å². The van der Waals surface area contributed by atoms with Crippen LogP contribution < -0.4 is 19.1 Å². The number of anilines is 2. The fraction of sp³-hybridized carbons (Fsp3) is 0.316. The summed E-state index contributed by atoms with van der Waals surface area (Å²) in [6, 6.07) is 9.77. The summed E-state index contributed by atoms with van der Waals surface area (Å²) in [5.74, 6) is 0.985. The van der Waals surface area contributed by atoms with Crippen LogP contribution in [-0.2, 0) is 14.8 Å². The zero-order valence-electron chi connectivity index (χ0n) is 15.5. The van der Waals surface area contributed by atoms with E-state index in [-0.39, 0.29) is 16.1 Å². The molecule has 1 N–H and O–H groups in total. The van der Waals surface area contributed by atoms with E-state index >= 15 is 0 Å². The molecule has 0 saturated carbocycles. The van der Waals surface area contributed by atoms with Crippen LogP contribution in [0.25, 0.3) is 0 Å². The van der Waals surface area contributed by atoms with Crippen molar-refractivity contribution in [2.75, 3.05) is 29.4 Å². The lowest BCUT2D eigenvalue weighted by atomic mass is 10.2. The number of hydrogen-bond donors (Lipinski definition) is 1. The van der Waals surface area contributed by atoms with Crippen LogP contribution in [0, 0.1) is 0 Å². The number of benzene rings is 2. The molecule has 2 aromatic carbocycles. The number of carbonyl (C=O) groups excluding carboxylic acids is 1. The minimum Gasteiger partial charge on any atom is -0.486 e. The summed E-state index contributed by atoms with van der Waals surface area (Å²) in [5, 5.41) is 0.245. The average Bonchev–Trinajstić information content (AvgIpc) is 2.66. The number of ether oxygens (including phenoxy) is 2. The SMILES string of the molecule is CC(=O)N1CC(C)Sc2ccc(S(=O)(=O)Nc3ccc4c(c3)OCCO4)cc21. The summed E-state index contributed by atoms with van der Waals surface area (Å²) in [6.07, 6.45) is 0. The van der Waals surface area contributed by atoms with Gasteiger partial charge >= 0.3 is 0 Å². The monoisotopic (exact) mass is 420 g/mol. The lowest BCUT2D eigenvalue weighted by molar-refractivity contribution is -0.116. The molecule has 0 aromatic heterocycles. The molecule has 0 spiro atoms. The maximum Gasteiger partial charge on any atom is 0.261 e. The Balaban J connectivity index is 1.65. The molecule has 0 aliphatic carbocycles. The van der Waals surface area contributed by atoms with Crippen molar-refractivity contribution >= 4 is 39.1 Å². The van der Waals surface area contributed by atoms with Gasteiger partial charge in [0.25, 0.3) is 10.0 Å². The third kappa shape index (κ3) is 3.64. The summed E-state index contributed by atoms with van der Waals surface area (Å²) in [5.41, 5.74) is 1.01. The smallest absolute Gasteiger partial charge is 0.261 e. The van der Waals surface area contributed by atoms with Crippen molar-refractivity contribution in [1.82, 2.24) is 0 Å². The van der Waals surface area contributed by atoms with Crippen molar-refractivity contribution in [3.8, 4) is 11.5 Å². The van der Waals surface area contributed by atoms with Crippen LogP contribution in [0.4, 0.5) is 11.4 Å². The summed E-state index contributed by atoms with van der Waals surface area (Å²) >= 11 is 1.63. The molecular formula is C19H20N2O5S2. The van der Waals surface area contributed by atoms with Crippen molar-refractivity contribution in [2.24, 2.45) is 0 Å². The van der Waals surface area contributed by atoms with Crippen LogP contribution in [-0.4, -0.2) is 39.3 Å². The maximum absolute atomic E-state index is 12.9. The molecule has 0 fully saturated rings. The molecule has 0 bridgehead atoms. The molecule has 1 atom stereocenters. The van der Waals surface area contributed by atoms with E-state index in [9.17, 15) is 13.2 Å². The van der Waals surface area contributed by atoms with Gasteiger partial charge in [0.05, 0.1) is 16.3 Å². The number of carbonyl (C=O) groups is 1. The molecule has 148 valence electrons. The zero-order valence-corrected chi connectivity index (χ0v) is 17.1. The molecule has 9 heteroatoms. The summed E-state index contributed by atoms with van der Waals surface area (Å²) in [7, 11) is -3.83. The lowest BCUT2D eigenvalue weighted by Gasteiger charge is -2.32. The molecule has 28 heavy (non-hydrogen) atoms. The Morgan fingerprint density at radius 2 is 1.89 bits per heavy atom. The molecule has 2 aliphatic rings. The highest BCUT2D eigenvalue weighted by atomic mass is 32.2. The molecule has 1 unspecified atom stereocenters. The lowest BCUT2D eigenvalue weighted by Crippen LogP contribution is -2.37. The molecule has 2 aromatic rings. The quantitative estimate of drug-likeness (QED) is 0.821. The van der Waals surface area contributed by atoms with Gasteiger partial charge in [-0.1, -0.05) is 6.92 Å². The third-order valence-electron chi connectivity index (χ3n) is 4.47. The number of thioether (sulfide) groups is 1. The van der Waals surface area contributed by atoms with Crippen molar-refractivity contribution < 1.29 is 22.7 Å². The summed E-state index contributed by atoms with van der Waals surface area (Å²) in [4.78, 5) is 14.6. The summed E-state index contributed by atoms with van der Waals surface area (Å²) in [6.45, 7) is 4.96. The number of rotatable bonds is 3. The van der Waals surface area contributed by atoms with Gasteiger partial charge in [-0.15, -0.1) is 11.8 Å². The third-order valence-corrected chi connectivity index (χ3v) is 7.00. The van der Waals surface area contributed by atoms with Crippen molar-refractivity contribution in [2.45, 2.75) is 28.9 Å². The van der Waals surface area contributed by atoms with Gasteiger partial charge in [-0.3, -0.25) is 9.52 Å². The fourth-order valence-electron chi connectivity index (χ4n) is 3.20. The largest absolute Gasteiger partial charge is 0.486 e. The predicted molar refractivity (Wildman–Crippen MR) is 108 cm³/mol. The van der Waals surface area contributed by atoms with E-state index in [1.807, 2.05) is 6.92 Å². The number of fused-ring (bicyclic) bond motifs is 2. The highest BCUT2D eigenvalue weighted by Crippen LogP contribution is 2.40. The van der Waals surface area contributed by atoms with Crippen molar-refractivity contribution in [3.05, 3.63) is 36.4 Å². The number of hydrogen-bond acceptors (Lipinski definition) is 6. The van der Waals surface area contributed by atoms with Crippen LogP contribution in [0.5, 0.6) is 11.5 Å². The Bertz CT molecular complexity index is 1040. The fourth-order valence-corrected chi connectivity index (χ4v) is 5.37. The van der Waals surface area contributed by atoms with E-state index in [4.69, 9.17) is 9.47 Å². The molecule has 2 aliphatic heterocycles. The topological polar surface area (TPSA) is 84.9 Å². The molecule has 4 rings (SSSR count). The standard InChI is InChI=1S/C19H20N2O5S2/c1-12-11-21(13(2)22)16-10-15(4-6-19(16)27-12)28(23,24)20-14-3-5-17-18(9-14)26-8-7-25-17/h3-6,9-10,12,20H,7-8,11H2,1-2H3. The van der Waals surface area contributed by atoms with Crippen LogP contribution >= 0.6 is 11.8 Å². The number of sulfonamides is 1. The number of nitrogens with one attached hydrogen (secondary N) is 1. The molecule has 1 amide bonds. The first kappa shape index (κ1) is 18.9. The number of amides is 1. The molecule has 2 heterocycles. The minimum absolute atomic E-state index is 0.0996. The van der Waals surface area contributed by atoms with Crippen LogP contribution in [0.1, 0.15) is 13.8 Å². The Kier molecular flexibility index (Phi) is 4.88. The molecule has 0 saturated heterocycles. The Hall–Kier alpha value is -2.39. The predicted octanol–water partition coefficient (Wildman–Crippen LogP) is 3.11. The number of nitrogens with zero attached hydrogens (tertiary/aromatic N) is 1. The Morgan fingerprint density at radius 1 is 1.14 bits per heavy atom. The van der Waals surface area contributed by atoms with Crippen LogP contribution in [0.2, 0.25) is 0 Å². The first-order chi connectivity index (χ1) is 13.3. The van der Waals surface area contributed by atoms with Gasteiger partial charge in [-0.2, -0.15) is 0 Å². The van der Waals surface area contributed by atoms with Gasteiger partial charge in [0.2, 0.25) is 5.91 Å². The highest BCUT2D eigenvalue weighted by molar-refractivity contribution is 8.00. The molecule has 7 nitrogen and oxygen atoms in total. The van der Waals surface area contributed by atoms with Crippen LogP contribution in [0.3, 0.4) is 0 Å². The van der Waals surface area contributed by atoms with E-state index in [0.717, 1.165) is 4.90 Å². The van der Waals surface area contributed by atoms with Crippen LogP contribution in [0.15, 0.2) is 46.2 Å². The zero-order chi connectivity index (χ0) is 19.9. The van der Waals surface area contributed by atoms with Crippen molar-refractivity contribution in [1.29, 1.82) is 0 Å². The second kappa shape index (κ2) is 7.21. The second-order valence-corrected chi connectivity index (χ2v) is 9.81. The Labute approximate surface area is 168 Å². The second-order valence-electron chi connectivity index (χ2n) is 6.65. The van der Waals surface area contributed by atoms with Gasteiger partial charge in [-0.25, -0.2) is 8.42 Å². The van der Waals surface area contributed by atoms with E-state index in [2.05, 4.69) is 4.72 Å². The average molecular weight is 421 g/mol. The maximum atomic E-state index is 12.9. The minimum atomic E-state index is -3.83. The van der Waals surface area contributed by atoms with E-state index in [0.29, 0.717) is 42.6 Å². The Morgan fingerprint density at radius 3 is 2.64 bits per heavy atom.